The lowest BCUT2D eigenvalue weighted by Gasteiger charge is -2.42. The van der Waals surface area contributed by atoms with E-state index in [2.05, 4.69) is 30.6 Å². The molecule has 1 aromatic rings. The van der Waals surface area contributed by atoms with Crippen molar-refractivity contribution in [1.82, 2.24) is 0 Å². The molecule has 3 aliphatic rings. The summed E-state index contributed by atoms with van der Waals surface area (Å²) in [5, 5.41) is 0. The van der Waals surface area contributed by atoms with Gasteiger partial charge in [-0.15, -0.1) is 11.3 Å². The van der Waals surface area contributed by atoms with Gasteiger partial charge in [0.15, 0.2) is 5.79 Å². The molecule has 2 saturated carbocycles. The van der Waals surface area contributed by atoms with Crippen LogP contribution in [-0.2, 0) is 19.0 Å². The van der Waals surface area contributed by atoms with E-state index in [1.807, 2.05) is 31.7 Å². The smallest absolute Gasteiger partial charge is 0.350 e. The fraction of sp³-hybridized carbons (Fsp3) is 0.667. The molecule has 0 aromatic carbocycles. The Balaban J connectivity index is 1.68. The maximum Gasteiger partial charge on any atom is 0.350 e. The van der Waals surface area contributed by atoms with Crippen LogP contribution in [0, 0.1) is 40.9 Å². The van der Waals surface area contributed by atoms with Crippen molar-refractivity contribution in [2.45, 2.75) is 90.9 Å². The van der Waals surface area contributed by atoms with Crippen molar-refractivity contribution in [1.29, 1.82) is 0 Å². The molecule has 7 heteroatoms. The Morgan fingerprint density at radius 3 is 2.30 bits per heavy atom. The SMILES string of the molecule is COC(=O)c1sc(C#CC#CC(C)(C)C)cc1N(C(=O)[C@H]1CC[C@H](C)CC1)C1CCC2(CC1)OCCO2. The van der Waals surface area contributed by atoms with Gasteiger partial charge in [0.25, 0.3) is 0 Å². The lowest BCUT2D eigenvalue weighted by atomic mass is 9.81. The van der Waals surface area contributed by atoms with E-state index in [9.17, 15) is 9.59 Å². The molecule has 2 aliphatic carbocycles. The molecule has 2 heterocycles. The number of anilines is 1. The number of ether oxygens (including phenoxy) is 3. The van der Waals surface area contributed by atoms with Crippen LogP contribution in [0.4, 0.5) is 5.69 Å². The molecule has 0 unspecified atom stereocenters. The van der Waals surface area contributed by atoms with Crippen LogP contribution >= 0.6 is 11.3 Å². The zero-order chi connectivity index (χ0) is 26.6. The number of hydrogen-bond donors (Lipinski definition) is 0. The Morgan fingerprint density at radius 1 is 1.05 bits per heavy atom. The third-order valence-corrected chi connectivity index (χ3v) is 8.55. The topological polar surface area (TPSA) is 65.1 Å². The number of carbonyl (C=O) groups is 2. The molecular weight excluding hydrogens is 486 g/mol. The first-order valence-corrected chi connectivity index (χ1v) is 14.3. The van der Waals surface area contributed by atoms with E-state index >= 15 is 0 Å². The van der Waals surface area contributed by atoms with Gasteiger partial charge in [0.1, 0.15) is 4.88 Å². The molecule has 3 fully saturated rings. The number of thiophene rings is 1. The zero-order valence-corrected chi connectivity index (χ0v) is 23.6. The standard InChI is InChI=1S/C30H39NO5S/c1-21-9-11-22(12-10-21)27(32)31(23-13-16-30(17-14-23)35-18-19-36-30)25-20-24(37-26(25)28(33)34-5)8-6-7-15-29(2,3)4/h20-23H,9-14,16-19H2,1-5H3/t21-,22-. The largest absolute Gasteiger partial charge is 0.465 e. The summed E-state index contributed by atoms with van der Waals surface area (Å²) in [5.74, 6) is 11.8. The van der Waals surface area contributed by atoms with Crippen LogP contribution in [0.1, 0.15) is 93.6 Å². The van der Waals surface area contributed by atoms with Gasteiger partial charge < -0.3 is 19.1 Å². The van der Waals surface area contributed by atoms with Crippen LogP contribution < -0.4 is 4.90 Å². The number of methoxy groups -OCH3 is 1. The predicted octanol–water partition coefficient (Wildman–Crippen LogP) is 5.78. The van der Waals surface area contributed by atoms with Gasteiger partial charge >= 0.3 is 5.97 Å². The van der Waals surface area contributed by atoms with Crippen molar-refractivity contribution >= 4 is 28.9 Å². The van der Waals surface area contributed by atoms with Gasteiger partial charge in [-0.2, -0.15) is 0 Å². The average molecular weight is 526 g/mol. The van der Waals surface area contributed by atoms with Crippen LogP contribution in [-0.4, -0.2) is 44.0 Å². The summed E-state index contributed by atoms with van der Waals surface area (Å²) < 4.78 is 17.0. The first-order chi connectivity index (χ1) is 17.6. The van der Waals surface area contributed by atoms with Gasteiger partial charge in [0.05, 0.1) is 30.9 Å². The third-order valence-electron chi connectivity index (χ3n) is 7.53. The van der Waals surface area contributed by atoms with E-state index in [1.165, 1.54) is 18.4 Å². The highest BCUT2D eigenvalue weighted by molar-refractivity contribution is 7.15. The maximum atomic E-state index is 14.1. The van der Waals surface area contributed by atoms with E-state index in [0.29, 0.717) is 34.6 Å². The average Bonchev–Trinajstić information content (AvgIpc) is 3.50. The van der Waals surface area contributed by atoms with E-state index in [1.54, 1.807) is 0 Å². The predicted molar refractivity (Wildman–Crippen MR) is 145 cm³/mol. The number of nitrogens with zero attached hydrogens (tertiary/aromatic N) is 1. The fourth-order valence-electron chi connectivity index (χ4n) is 5.46. The molecular formula is C30H39NO5S. The summed E-state index contributed by atoms with van der Waals surface area (Å²) in [6, 6.07) is 1.84. The Morgan fingerprint density at radius 2 is 1.70 bits per heavy atom. The molecule has 1 aromatic heterocycles. The highest BCUT2D eigenvalue weighted by Crippen LogP contribution is 2.42. The Hall–Kier alpha value is -2.32. The molecule has 1 aliphatic heterocycles. The maximum absolute atomic E-state index is 14.1. The number of esters is 1. The van der Waals surface area contributed by atoms with E-state index in [-0.39, 0.29) is 23.3 Å². The van der Waals surface area contributed by atoms with Crippen LogP contribution in [0.5, 0.6) is 0 Å². The summed E-state index contributed by atoms with van der Waals surface area (Å²) >= 11 is 1.27. The second-order valence-electron chi connectivity index (χ2n) is 11.6. The zero-order valence-electron chi connectivity index (χ0n) is 22.8. The second kappa shape index (κ2) is 11.6. The summed E-state index contributed by atoms with van der Waals surface area (Å²) in [5.41, 5.74) is 0.473. The van der Waals surface area contributed by atoms with Crippen LogP contribution in [0.3, 0.4) is 0 Å². The van der Waals surface area contributed by atoms with Gasteiger partial charge in [-0.1, -0.05) is 12.8 Å². The number of carbonyl (C=O) groups excluding carboxylic acids is 2. The number of hydrogen-bond acceptors (Lipinski definition) is 6. The molecule has 6 nitrogen and oxygen atoms in total. The van der Waals surface area contributed by atoms with Gasteiger partial charge in [-0.05, 0) is 89.0 Å². The molecule has 1 amide bonds. The van der Waals surface area contributed by atoms with Crippen molar-refractivity contribution in [3.63, 3.8) is 0 Å². The molecule has 1 spiro atoms. The van der Waals surface area contributed by atoms with Crippen LogP contribution in [0.25, 0.3) is 0 Å². The summed E-state index contributed by atoms with van der Waals surface area (Å²) in [6.45, 7) is 9.58. The van der Waals surface area contributed by atoms with Crippen molar-refractivity contribution in [3.8, 4) is 23.7 Å². The molecule has 0 bridgehead atoms. The number of amides is 1. The van der Waals surface area contributed by atoms with Crippen molar-refractivity contribution in [2.24, 2.45) is 17.3 Å². The monoisotopic (exact) mass is 525 g/mol. The second-order valence-corrected chi connectivity index (χ2v) is 12.6. The van der Waals surface area contributed by atoms with E-state index in [0.717, 1.165) is 51.4 Å². The van der Waals surface area contributed by atoms with Crippen molar-refractivity contribution < 1.29 is 23.8 Å². The lowest BCUT2D eigenvalue weighted by molar-refractivity contribution is -0.179. The molecule has 0 N–H and O–H groups in total. The highest BCUT2D eigenvalue weighted by atomic mass is 32.1. The molecule has 37 heavy (non-hydrogen) atoms. The van der Waals surface area contributed by atoms with Gasteiger partial charge in [0, 0.05) is 30.2 Å². The van der Waals surface area contributed by atoms with E-state index < -0.39 is 11.8 Å². The highest BCUT2D eigenvalue weighted by Gasteiger charge is 2.44. The normalized spacial score (nSPS) is 23.5. The van der Waals surface area contributed by atoms with Crippen LogP contribution in [0.2, 0.25) is 0 Å². The molecule has 200 valence electrons. The van der Waals surface area contributed by atoms with Crippen molar-refractivity contribution in [3.05, 3.63) is 15.8 Å². The quantitative estimate of drug-likeness (QED) is 0.368. The summed E-state index contributed by atoms with van der Waals surface area (Å²) in [4.78, 5) is 30.0. The summed E-state index contributed by atoms with van der Waals surface area (Å²) in [6.07, 6.45) is 6.84. The molecule has 0 atom stereocenters. The Kier molecular flexibility index (Phi) is 8.69. The van der Waals surface area contributed by atoms with Gasteiger partial charge in [-0.3, -0.25) is 4.79 Å². The minimum atomic E-state index is -0.520. The lowest BCUT2D eigenvalue weighted by Crippen LogP contribution is -2.49. The minimum Gasteiger partial charge on any atom is -0.465 e. The molecule has 0 radical (unpaired) electrons. The summed E-state index contributed by atoms with van der Waals surface area (Å²) in [7, 11) is 1.37. The third kappa shape index (κ3) is 6.77. The molecule has 1 saturated heterocycles. The first kappa shape index (κ1) is 27.7. The van der Waals surface area contributed by atoms with Crippen molar-refractivity contribution in [2.75, 3.05) is 25.2 Å². The van der Waals surface area contributed by atoms with E-state index in [4.69, 9.17) is 14.2 Å². The number of rotatable bonds is 4. The Bertz CT molecular complexity index is 1100. The first-order valence-electron chi connectivity index (χ1n) is 13.5. The minimum absolute atomic E-state index is 0.0372. The van der Waals surface area contributed by atoms with Crippen LogP contribution in [0.15, 0.2) is 6.07 Å². The van der Waals surface area contributed by atoms with Gasteiger partial charge in [0.2, 0.25) is 5.91 Å². The Labute approximate surface area is 225 Å². The fourth-order valence-corrected chi connectivity index (χ4v) is 6.38. The van der Waals surface area contributed by atoms with Gasteiger partial charge in [-0.25, -0.2) is 4.79 Å². The molecule has 4 rings (SSSR count).